The molecule has 4 heteroatoms. The maximum Gasteiger partial charge on any atom is 0.325 e. The Morgan fingerprint density at radius 3 is 2.67 bits per heavy atom. The van der Waals surface area contributed by atoms with E-state index >= 15 is 0 Å². The van der Waals surface area contributed by atoms with Crippen LogP contribution < -0.4 is 5.32 Å². The van der Waals surface area contributed by atoms with Gasteiger partial charge in [0, 0.05) is 19.1 Å². The summed E-state index contributed by atoms with van der Waals surface area (Å²) in [5.74, 6) is -0.824. The van der Waals surface area contributed by atoms with Crippen LogP contribution in [-0.4, -0.2) is 42.2 Å². The summed E-state index contributed by atoms with van der Waals surface area (Å²) < 4.78 is 0. The number of hydrogen-bond donors (Lipinski definition) is 2. The van der Waals surface area contributed by atoms with E-state index in [4.69, 9.17) is 0 Å². The van der Waals surface area contributed by atoms with Crippen LogP contribution >= 0.6 is 0 Å². The normalized spacial score (nSPS) is 16.8. The van der Waals surface area contributed by atoms with Crippen LogP contribution in [0.2, 0.25) is 0 Å². The van der Waals surface area contributed by atoms with Gasteiger partial charge in [-0.05, 0) is 25.5 Å². The Hall–Kier alpha value is -1.39. The molecule has 1 saturated carbocycles. The molecule has 0 radical (unpaired) electrons. The highest BCUT2D eigenvalue weighted by Crippen LogP contribution is 2.24. The van der Waals surface area contributed by atoms with Crippen molar-refractivity contribution in [3.8, 4) is 0 Å². The summed E-state index contributed by atoms with van der Waals surface area (Å²) in [6.07, 6.45) is 2.55. The summed E-state index contributed by atoms with van der Waals surface area (Å²) in [7, 11) is 2.09. The van der Waals surface area contributed by atoms with Crippen molar-refractivity contribution in [2.45, 2.75) is 24.9 Å². The summed E-state index contributed by atoms with van der Waals surface area (Å²) in [6.45, 7) is 1.58. The molecule has 1 unspecified atom stereocenters. The van der Waals surface area contributed by atoms with Crippen molar-refractivity contribution in [1.29, 1.82) is 0 Å². The van der Waals surface area contributed by atoms with Crippen molar-refractivity contribution in [2.75, 3.05) is 20.1 Å². The summed E-state index contributed by atoms with van der Waals surface area (Å²) in [5.41, 5.74) is 0.805. The number of benzene rings is 1. The van der Waals surface area contributed by atoms with Crippen LogP contribution in [0.25, 0.3) is 0 Å². The van der Waals surface area contributed by atoms with Crippen LogP contribution in [-0.2, 0) is 4.79 Å². The molecule has 18 heavy (non-hydrogen) atoms. The molecule has 1 aliphatic carbocycles. The molecular weight excluding hydrogens is 228 g/mol. The molecule has 0 heterocycles. The lowest BCUT2D eigenvalue weighted by molar-refractivity contribution is -0.139. The molecule has 1 aromatic rings. The topological polar surface area (TPSA) is 52.6 Å². The van der Waals surface area contributed by atoms with E-state index in [0.29, 0.717) is 12.6 Å². The molecular formula is C14H20N2O2. The molecule has 0 saturated heterocycles. The second-order valence-corrected chi connectivity index (χ2v) is 4.85. The number of aliphatic carboxylic acids is 1. The lowest BCUT2D eigenvalue weighted by atomic mass is 10.1. The lowest BCUT2D eigenvalue weighted by Gasteiger charge is -2.19. The van der Waals surface area contributed by atoms with Gasteiger partial charge >= 0.3 is 5.97 Å². The van der Waals surface area contributed by atoms with Crippen LogP contribution in [0.5, 0.6) is 0 Å². The van der Waals surface area contributed by atoms with Crippen molar-refractivity contribution < 1.29 is 9.90 Å². The van der Waals surface area contributed by atoms with Gasteiger partial charge < -0.3 is 10.0 Å². The average molecular weight is 248 g/mol. The molecule has 1 aromatic carbocycles. The monoisotopic (exact) mass is 248 g/mol. The van der Waals surface area contributed by atoms with E-state index in [0.717, 1.165) is 12.1 Å². The zero-order chi connectivity index (χ0) is 13.0. The zero-order valence-electron chi connectivity index (χ0n) is 10.7. The number of likely N-dealkylation sites (N-methyl/N-ethyl adjacent to an activating group) is 1. The molecule has 1 aliphatic rings. The van der Waals surface area contributed by atoms with Crippen LogP contribution in [0.4, 0.5) is 0 Å². The number of nitrogens with zero attached hydrogens (tertiary/aromatic N) is 1. The highest BCUT2D eigenvalue weighted by molar-refractivity contribution is 5.75. The first-order valence-corrected chi connectivity index (χ1v) is 6.40. The highest BCUT2D eigenvalue weighted by Gasteiger charge is 2.26. The van der Waals surface area contributed by atoms with Crippen molar-refractivity contribution >= 4 is 5.97 Å². The molecule has 4 nitrogen and oxygen atoms in total. The number of nitrogens with one attached hydrogen (secondary N) is 1. The van der Waals surface area contributed by atoms with Crippen molar-refractivity contribution in [1.82, 2.24) is 10.2 Å². The van der Waals surface area contributed by atoms with Crippen molar-refractivity contribution in [3.05, 3.63) is 35.9 Å². The van der Waals surface area contributed by atoms with Gasteiger partial charge in [-0.2, -0.15) is 0 Å². The van der Waals surface area contributed by atoms with Crippen LogP contribution in [0.15, 0.2) is 30.3 Å². The lowest BCUT2D eigenvalue weighted by Crippen LogP contribution is -2.35. The van der Waals surface area contributed by atoms with Gasteiger partial charge in [-0.25, -0.2) is 0 Å². The first-order chi connectivity index (χ1) is 8.68. The standard InChI is InChI=1S/C14H20N2O2/c1-16(12-7-8-12)10-9-15-13(14(17)18)11-5-3-2-4-6-11/h2-6,12-13,15H,7-10H2,1H3,(H,17,18). The van der Waals surface area contributed by atoms with Crippen LogP contribution in [0, 0.1) is 0 Å². The Balaban J connectivity index is 1.85. The average Bonchev–Trinajstić information content (AvgIpc) is 3.19. The third-order valence-electron chi connectivity index (χ3n) is 3.36. The third kappa shape index (κ3) is 3.55. The number of carboxylic acid groups (broad SMARTS) is 1. The SMILES string of the molecule is CN(CCNC(C(=O)O)c1ccccc1)C1CC1. The first-order valence-electron chi connectivity index (χ1n) is 6.40. The Morgan fingerprint density at radius 2 is 2.11 bits per heavy atom. The largest absolute Gasteiger partial charge is 0.480 e. The predicted octanol–water partition coefficient (Wildman–Crippen LogP) is 1.50. The van der Waals surface area contributed by atoms with E-state index < -0.39 is 12.0 Å². The Morgan fingerprint density at radius 1 is 1.44 bits per heavy atom. The van der Waals surface area contributed by atoms with E-state index in [-0.39, 0.29) is 0 Å². The summed E-state index contributed by atoms with van der Waals surface area (Å²) >= 11 is 0. The quantitative estimate of drug-likeness (QED) is 0.767. The molecule has 0 spiro atoms. The Kier molecular flexibility index (Phi) is 4.33. The predicted molar refractivity (Wildman–Crippen MR) is 70.5 cm³/mol. The van der Waals surface area contributed by atoms with Crippen molar-refractivity contribution in [2.24, 2.45) is 0 Å². The number of carbonyl (C=O) groups is 1. The van der Waals surface area contributed by atoms with E-state index in [1.54, 1.807) is 0 Å². The highest BCUT2D eigenvalue weighted by atomic mass is 16.4. The number of hydrogen-bond acceptors (Lipinski definition) is 3. The minimum atomic E-state index is -0.824. The fourth-order valence-electron chi connectivity index (χ4n) is 2.08. The molecule has 0 aliphatic heterocycles. The minimum Gasteiger partial charge on any atom is -0.480 e. The fraction of sp³-hybridized carbons (Fsp3) is 0.500. The van der Waals surface area contributed by atoms with Gasteiger partial charge in [0.25, 0.3) is 0 Å². The Labute approximate surface area is 108 Å². The molecule has 2 rings (SSSR count). The second kappa shape index (κ2) is 5.98. The van der Waals surface area contributed by atoms with Gasteiger partial charge in [-0.1, -0.05) is 30.3 Å². The molecule has 0 bridgehead atoms. The maximum atomic E-state index is 11.2. The summed E-state index contributed by atoms with van der Waals surface area (Å²) in [6, 6.07) is 9.41. The zero-order valence-corrected chi connectivity index (χ0v) is 10.7. The molecule has 0 aromatic heterocycles. The van der Waals surface area contributed by atoms with E-state index in [9.17, 15) is 9.90 Å². The van der Waals surface area contributed by atoms with Crippen LogP contribution in [0.1, 0.15) is 24.4 Å². The molecule has 98 valence electrons. The van der Waals surface area contributed by atoms with Crippen LogP contribution in [0.3, 0.4) is 0 Å². The first kappa shape index (κ1) is 13.1. The molecule has 1 atom stereocenters. The Bertz CT molecular complexity index is 390. The van der Waals surface area contributed by atoms with E-state index in [1.807, 2.05) is 30.3 Å². The second-order valence-electron chi connectivity index (χ2n) is 4.85. The van der Waals surface area contributed by atoms with Gasteiger partial charge in [0.2, 0.25) is 0 Å². The van der Waals surface area contributed by atoms with Gasteiger partial charge in [0.05, 0.1) is 0 Å². The van der Waals surface area contributed by atoms with Crippen molar-refractivity contribution in [3.63, 3.8) is 0 Å². The minimum absolute atomic E-state index is 0.612. The summed E-state index contributed by atoms with van der Waals surface area (Å²) in [5, 5.41) is 12.3. The van der Waals surface area contributed by atoms with Gasteiger partial charge in [0.1, 0.15) is 6.04 Å². The summed E-state index contributed by atoms with van der Waals surface area (Å²) in [4.78, 5) is 13.5. The van der Waals surface area contributed by atoms with Gasteiger partial charge in [-0.15, -0.1) is 0 Å². The number of carboxylic acids is 1. The molecule has 1 fully saturated rings. The maximum absolute atomic E-state index is 11.2. The van der Waals surface area contributed by atoms with Gasteiger partial charge in [-0.3, -0.25) is 10.1 Å². The van der Waals surface area contributed by atoms with Gasteiger partial charge in [0.15, 0.2) is 0 Å². The third-order valence-corrected chi connectivity index (χ3v) is 3.36. The smallest absolute Gasteiger partial charge is 0.325 e. The fourth-order valence-corrected chi connectivity index (χ4v) is 2.08. The van der Waals surface area contributed by atoms with E-state index in [2.05, 4.69) is 17.3 Å². The molecule has 0 amide bonds. The molecule has 2 N–H and O–H groups in total. The number of rotatable bonds is 7. The van der Waals surface area contributed by atoms with E-state index in [1.165, 1.54) is 12.8 Å².